The molecule has 0 fully saturated rings. The molecule has 0 rings (SSSR count). The van der Waals surface area contributed by atoms with Gasteiger partial charge in [-0.15, -0.1) is 11.6 Å². The molecule has 0 aromatic heterocycles. The molecule has 0 aliphatic rings. The molecule has 4 heteroatoms. The van der Waals surface area contributed by atoms with Crippen molar-refractivity contribution in [1.29, 1.82) is 0 Å². The molecule has 0 spiro atoms. The monoisotopic (exact) mass is 260 g/mol. The topological polar surface area (TPSA) is 35.5 Å². The normalized spacial score (nSPS) is 14.6. The van der Waals surface area contributed by atoms with Crippen molar-refractivity contribution in [2.45, 2.75) is 45.3 Å². The number of carbonyl (C=O) groups excluding carboxylic acids is 1. The van der Waals surface area contributed by atoms with Crippen LogP contribution >= 0.6 is 11.6 Å². The fourth-order valence-electron chi connectivity index (χ4n) is 1.00. The third kappa shape index (κ3) is 8.00. The van der Waals surface area contributed by atoms with Gasteiger partial charge in [0.05, 0.1) is 12.0 Å². The minimum absolute atomic E-state index is 0.335. The Hall–Kier alpha value is -0.800. The van der Waals surface area contributed by atoms with Crippen molar-refractivity contribution in [3.63, 3.8) is 0 Å². The standard InChI is InChI=1S/C13H21ClO3/c1-5-6-7-8-9-16-13(11(4)14)17-12(15)10(2)3/h6-7,11,13H,2,5,8-9H2,1,3-4H3/b7-6+. The van der Waals surface area contributed by atoms with E-state index in [1.165, 1.54) is 0 Å². The second-order valence-electron chi connectivity index (χ2n) is 3.77. The largest absolute Gasteiger partial charge is 0.431 e. The molecule has 0 saturated carbocycles. The van der Waals surface area contributed by atoms with Gasteiger partial charge in [-0.25, -0.2) is 4.79 Å². The molecule has 0 aliphatic heterocycles. The molecule has 0 radical (unpaired) electrons. The molecule has 2 unspecified atom stereocenters. The Kier molecular flexibility index (Phi) is 8.82. The summed E-state index contributed by atoms with van der Waals surface area (Å²) >= 11 is 5.88. The summed E-state index contributed by atoms with van der Waals surface area (Å²) in [7, 11) is 0. The first kappa shape index (κ1) is 16.2. The van der Waals surface area contributed by atoms with Crippen LogP contribution in [0.25, 0.3) is 0 Å². The summed E-state index contributed by atoms with van der Waals surface area (Å²) in [4.78, 5) is 11.3. The molecule has 0 aromatic carbocycles. The fourth-order valence-corrected chi connectivity index (χ4v) is 1.13. The van der Waals surface area contributed by atoms with Crippen LogP contribution < -0.4 is 0 Å². The van der Waals surface area contributed by atoms with Crippen LogP contribution in [0.15, 0.2) is 24.3 Å². The van der Waals surface area contributed by atoms with Crippen molar-refractivity contribution in [3.05, 3.63) is 24.3 Å². The van der Waals surface area contributed by atoms with Crippen LogP contribution in [0, 0.1) is 0 Å². The molecule has 98 valence electrons. The van der Waals surface area contributed by atoms with Gasteiger partial charge in [0.2, 0.25) is 6.29 Å². The Morgan fingerprint density at radius 1 is 1.47 bits per heavy atom. The minimum Gasteiger partial charge on any atom is -0.431 e. The lowest BCUT2D eigenvalue weighted by Crippen LogP contribution is -2.29. The van der Waals surface area contributed by atoms with Crippen LogP contribution in [-0.2, 0) is 14.3 Å². The lowest BCUT2D eigenvalue weighted by Gasteiger charge is -2.20. The van der Waals surface area contributed by atoms with E-state index < -0.39 is 17.6 Å². The zero-order chi connectivity index (χ0) is 13.3. The van der Waals surface area contributed by atoms with E-state index in [0.717, 1.165) is 12.8 Å². The molecule has 3 nitrogen and oxygen atoms in total. The first-order chi connectivity index (χ1) is 7.99. The summed E-state index contributed by atoms with van der Waals surface area (Å²) in [6.45, 7) is 9.35. The molecular weight excluding hydrogens is 240 g/mol. The molecule has 0 bridgehead atoms. The quantitative estimate of drug-likeness (QED) is 0.168. The van der Waals surface area contributed by atoms with Crippen molar-refractivity contribution in [1.82, 2.24) is 0 Å². The van der Waals surface area contributed by atoms with E-state index in [9.17, 15) is 4.79 Å². The van der Waals surface area contributed by atoms with Gasteiger partial charge in [-0.3, -0.25) is 0 Å². The van der Waals surface area contributed by atoms with E-state index in [4.69, 9.17) is 21.1 Å². The van der Waals surface area contributed by atoms with Gasteiger partial charge in [0.1, 0.15) is 0 Å². The summed E-state index contributed by atoms with van der Waals surface area (Å²) in [5.74, 6) is -0.480. The SMILES string of the molecule is C=C(C)C(=O)OC(OCC/C=C/CC)C(C)Cl. The number of halogens is 1. The Labute approximate surface area is 108 Å². The highest BCUT2D eigenvalue weighted by Gasteiger charge is 2.20. The average molecular weight is 261 g/mol. The maximum atomic E-state index is 11.3. The summed E-state index contributed by atoms with van der Waals surface area (Å²) in [6.07, 6.45) is 5.13. The van der Waals surface area contributed by atoms with Gasteiger partial charge in [0.25, 0.3) is 0 Å². The van der Waals surface area contributed by atoms with E-state index in [1.807, 2.05) is 6.08 Å². The van der Waals surface area contributed by atoms with Gasteiger partial charge in [0, 0.05) is 5.57 Å². The maximum Gasteiger partial charge on any atom is 0.335 e. The molecule has 17 heavy (non-hydrogen) atoms. The molecule has 0 aromatic rings. The first-order valence-corrected chi connectivity index (χ1v) is 6.19. The first-order valence-electron chi connectivity index (χ1n) is 5.76. The highest BCUT2D eigenvalue weighted by atomic mass is 35.5. The van der Waals surface area contributed by atoms with Gasteiger partial charge in [0.15, 0.2) is 0 Å². The molecule has 2 atom stereocenters. The third-order valence-corrected chi connectivity index (χ3v) is 2.12. The van der Waals surface area contributed by atoms with Crippen molar-refractivity contribution >= 4 is 17.6 Å². The molecule has 0 amide bonds. The van der Waals surface area contributed by atoms with E-state index in [-0.39, 0.29) is 0 Å². The van der Waals surface area contributed by atoms with E-state index >= 15 is 0 Å². The summed E-state index contributed by atoms with van der Waals surface area (Å²) < 4.78 is 10.5. The zero-order valence-corrected chi connectivity index (χ0v) is 11.5. The molecule has 0 heterocycles. The lowest BCUT2D eigenvalue weighted by atomic mass is 10.3. The Balaban J connectivity index is 4.03. The number of alkyl halides is 1. The van der Waals surface area contributed by atoms with Crippen molar-refractivity contribution in [2.75, 3.05) is 6.61 Å². The number of esters is 1. The molecule has 0 N–H and O–H groups in total. The van der Waals surface area contributed by atoms with E-state index in [0.29, 0.717) is 12.2 Å². The molecule has 0 saturated heterocycles. The van der Waals surface area contributed by atoms with E-state index in [1.54, 1.807) is 13.8 Å². The average Bonchev–Trinajstić information content (AvgIpc) is 2.26. The Bertz CT molecular complexity index is 272. The smallest absolute Gasteiger partial charge is 0.335 e. The van der Waals surface area contributed by atoms with E-state index in [2.05, 4.69) is 19.6 Å². The number of carbonyl (C=O) groups is 1. The van der Waals surface area contributed by atoms with Crippen LogP contribution in [0.5, 0.6) is 0 Å². The highest BCUT2D eigenvalue weighted by molar-refractivity contribution is 6.20. The van der Waals surface area contributed by atoms with Gasteiger partial charge in [-0.2, -0.15) is 0 Å². The predicted molar refractivity (Wildman–Crippen MR) is 70.0 cm³/mol. The third-order valence-electron chi connectivity index (χ3n) is 1.92. The molecular formula is C13H21ClO3. The fraction of sp³-hybridized carbons (Fsp3) is 0.615. The zero-order valence-electron chi connectivity index (χ0n) is 10.7. The van der Waals surface area contributed by atoms with Crippen molar-refractivity contribution in [3.8, 4) is 0 Å². The van der Waals surface area contributed by atoms with Crippen LogP contribution in [0.1, 0.15) is 33.6 Å². The van der Waals surface area contributed by atoms with Crippen molar-refractivity contribution in [2.24, 2.45) is 0 Å². The van der Waals surface area contributed by atoms with Gasteiger partial charge >= 0.3 is 5.97 Å². The van der Waals surface area contributed by atoms with Crippen LogP contribution in [-0.4, -0.2) is 24.2 Å². The van der Waals surface area contributed by atoms with Crippen LogP contribution in [0.4, 0.5) is 0 Å². The maximum absolute atomic E-state index is 11.3. The number of hydrogen-bond acceptors (Lipinski definition) is 3. The summed E-state index contributed by atoms with van der Waals surface area (Å²) in [5.41, 5.74) is 0.335. The van der Waals surface area contributed by atoms with Gasteiger partial charge in [-0.05, 0) is 26.7 Å². The number of allylic oxidation sites excluding steroid dienone is 1. The second-order valence-corrected chi connectivity index (χ2v) is 4.46. The van der Waals surface area contributed by atoms with Crippen LogP contribution in [0.3, 0.4) is 0 Å². The highest BCUT2D eigenvalue weighted by Crippen LogP contribution is 2.11. The lowest BCUT2D eigenvalue weighted by molar-refractivity contribution is -0.173. The minimum atomic E-state index is -0.726. The second kappa shape index (κ2) is 9.25. The van der Waals surface area contributed by atoms with Gasteiger partial charge < -0.3 is 9.47 Å². The van der Waals surface area contributed by atoms with Crippen LogP contribution in [0.2, 0.25) is 0 Å². The Morgan fingerprint density at radius 2 is 2.12 bits per heavy atom. The Morgan fingerprint density at radius 3 is 2.59 bits per heavy atom. The number of hydrogen-bond donors (Lipinski definition) is 0. The number of rotatable bonds is 8. The van der Waals surface area contributed by atoms with Crippen molar-refractivity contribution < 1.29 is 14.3 Å². The number of ether oxygens (including phenoxy) is 2. The summed E-state index contributed by atoms with van der Waals surface area (Å²) in [6, 6.07) is 0. The predicted octanol–water partition coefficient (Wildman–Crippen LogP) is 3.43. The molecule has 0 aliphatic carbocycles. The van der Waals surface area contributed by atoms with Gasteiger partial charge in [-0.1, -0.05) is 25.7 Å². The summed E-state index contributed by atoms with van der Waals surface area (Å²) in [5, 5.41) is -0.395.